The highest BCUT2D eigenvalue weighted by molar-refractivity contribution is 7.99. The number of halogens is 2. The van der Waals surface area contributed by atoms with Gasteiger partial charge in [-0.1, -0.05) is 29.5 Å². The minimum Gasteiger partial charge on any atom is -0.497 e. The van der Waals surface area contributed by atoms with Crippen molar-refractivity contribution in [2.45, 2.75) is 18.7 Å². The smallest absolute Gasteiger partial charge is 0.387 e. The molecule has 9 heteroatoms. The van der Waals surface area contributed by atoms with E-state index in [1.165, 1.54) is 23.9 Å². The number of methoxy groups -OCH3 is 1. The van der Waals surface area contributed by atoms with Gasteiger partial charge in [0, 0.05) is 16.9 Å². The molecule has 4 aromatic rings. The molecule has 1 amide bonds. The summed E-state index contributed by atoms with van der Waals surface area (Å²) in [6, 6.07) is 21.3. The Labute approximate surface area is 205 Å². The minimum atomic E-state index is -2.90. The number of nitrogens with one attached hydrogen (secondary N) is 1. The normalized spacial score (nSPS) is 10.9. The molecule has 1 aromatic heterocycles. The number of aromatic nitrogens is 2. The van der Waals surface area contributed by atoms with Crippen LogP contribution in [0.3, 0.4) is 0 Å². The van der Waals surface area contributed by atoms with Gasteiger partial charge >= 0.3 is 6.61 Å². The van der Waals surface area contributed by atoms with Crippen LogP contribution in [0.1, 0.15) is 5.56 Å². The van der Waals surface area contributed by atoms with E-state index in [0.717, 1.165) is 28.3 Å². The van der Waals surface area contributed by atoms with Crippen molar-refractivity contribution in [2.24, 2.45) is 0 Å². The van der Waals surface area contributed by atoms with Gasteiger partial charge in [0.2, 0.25) is 5.91 Å². The average molecular weight is 496 g/mol. The van der Waals surface area contributed by atoms with Gasteiger partial charge in [0.15, 0.2) is 5.16 Å². The molecule has 0 fully saturated rings. The number of carbonyl (C=O) groups excluding carboxylic acids is 1. The number of rotatable bonds is 9. The van der Waals surface area contributed by atoms with Crippen LogP contribution in [0.25, 0.3) is 16.9 Å². The lowest BCUT2D eigenvalue weighted by atomic mass is 10.1. The molecule has 1 N–H and O–H groups in total. The van der Waals surface area contributed by atoms with Crippen molar-refractivity contribution in [3.8, 4) is 28.4 Å². The Hall–Kier alpha value is -3.85. The molecule has 1 heterocycles. The van der Waals surface area contributed by atoms with Gasteiger partial charge in [0.05, 0.1) is 24.8 Å². The molecular formula is C26H23F2N3O3S. The van der Waals surface area contributed by atoms with Crippen LogP contribution in [0, 0.1) is 6.92 Å². The van der Waals surface area contributed by atoms with Gasteiger partial charge in [0.25, 0.3) is 0 Å². The molecule has 0 unspecified atom stereocenters. The summed E-state index contributed by atoms with van der Waals surface area (Å²) in [7, 11) is 1.60. The summed E-state index contributed by atoms with van der Waals surface area (Å²) >= 11 is 1.27. The monoisotopic (exact) mass is 495 g/mol. The molecule has 0 aliphatic carbocycles. The van der Waals surface area contributed by atoms with Crippen molar-refractivity contribution < 1.29 is 23.0 Å². The van der Waals surface area contributed by atoms with Crippen molar-refractivity contribution in [1.82, 2.24) is 9.55 Å². The number of imidazole rings is 1. The van der Waals surface area contributed by atoms with E-state index in [1.54, 1.807) is 25.4 Å². The van der Waals surface area contributed by atoms with Gasteiger partial charge < -0.3 is 14.8 Å². The molecule has 4 rings (SSSR count). The van der Waals surface area contributed by atoms with Crippen LogP contribution in [0.2, 0.25) is 0 Å². The molecule has 0 saturated carbocycles. The predicted octanol–water partition coefficient (Wildman–Crippen LogP) is 6.19. The summed E-state index contributed by atoms with van der Waals surface area (Å²) in [5.41, 5.74) is 4.17. The third kappa shape index (κ3) is 6.19. The lowest BCUT2D eigenvalue weighted by molar-refractivity contribution is -0.113. The summed E-state index contributed by atoms with van der Waals surface area (Å²) in [5, 5.41) is 3.46. The molecule has 0 aliphatic rings. The van der Waals surface area contributed by atoms with Crippen LogP contribution in [0.5, 0.6) is 11.5 Å². The first-order chi connectivity index (χ1) is 16.9. The Bertz CT molecular complexity index is 1270. The van der Waals surface area contributed by atoms with Gasteiger partial charge in [-0.15, -0.1) is 0 Å². The highest BCUT2D eigenvalue weighted by Gasteiger charge is 2.16. The van der Waals surface area contributed by atoms with Crippen LogP contribution in [-0.4, -0.2) is 34.9 Å². The molecular weight excluding hydrogens is 472 g/mol. The number of alkyl halides is 2. The maximum atomic E-state index is 12.6. The zero-order valence-corrected chi connectivity index (χ0v) is 19.9. The number of thioether (sulfide) groups is 1. The van der Waals surface area contributed by atoms with E-state index in [-0.39, 0.29) is 17.4 Å². The lowest BCUT2D eigenvalue weighted by Crippen LogP contribution is -2.14. The summed E-state index contributed by atoms with van der Waals surface area (Å²) < 4.78 is 36.7. The number of hydrogen-bond acceptors (Lipinski definition) is 5. The Balaban J connectivity index is 1.60. The Kier molecular flexibility index (Phi) is 7.67. The fourth-order valence-electron chi connectivity index (χ4n) is 3.39. The van der Waals surface area contributed by atoms with Gasteiger partial charge in [0.1, 0.15) is 11.5 Å². The van der Waals surface area contributed by atoms with E-state index in [9.17, 15) is 13.6 Å². The zero-order valence-electron chi connectivity index (χ0n) is 19.1. The van der Waals surface area contributed by atoms with E-state index in [0.29, 0.717) is 10.8 Å². The average Bonchev–Trinajstić information content (AvgIpc) is 3.28. The van der Waals surface area contributed by atoms with Gasteiger partial charge in [-0.25, -0.2) is 4.98 Å². The van der Waals surface area contributed by atoms with Crippen molar-refractivity contribution in [2.75, 3.05) is 18.2 Å². The number of amides is 1. The van der Waals surface area contributed by atoms with Crippen molar-refractivity contribution in [1.29, 1.82) is 0 Å². The molecule has 6 nitrogen and oxygen atoms in total. The first kappa shape index (κ1) is 24.3. The Morgan fingerprint density at radius 2 is 1.66 bits per heavy atom. The van der Waals surface area contributed by atoms with E-state index in [1.807, 2.05) is 60.0 Å². The van der Waals surface area contributed by atoms with Crippen LogP contribution < -0.4 is 14.8 Å². The van der Waals surface area contributed by atoms with Crippen molar-refractivity contribution in [3.63, 3.8) is 0 Å². The largest absolute Gasteiger partial charge is 0.497 e. The first-order valence-electron chi connectivity index (χ1n) is 10.7. The molecule has 0 bridgehead atoms. The molecule has 0 spiro atoms. The number of aryl methyl sites for hydroxylation is 1. The van der Waals surface area contributed by atoms with E-state index >= 15 is 0 Å². The van der Waals surface area contributed by atoms with Crippen LogP contribution in [-0.2, 0) is 4.79 Å². The van der Waals surface area contributed by atoms with Gasteiger partial charge in [-0.2, -0.15) is 8.78 Å². The highest BCUT2D eigenvalue weighted by Crippen LogP contribution is 2.31. The van der Waals surface area contributed by atoms with Crippen molar-refractivity contribution in [3.05, 3.63) is 84.6 Å². The lowest BCUT2D eigenvalue weighted by Gasteiger charge is -2.13. The number of carbonyl (C=O) groups is 1. The summed E-state index contributed by atoms with van der Waals surface area (Å²) in [4.78, 5) is 17.1. The molecule has 35 heavy (non-hydrogen) atoms. The van der Waals surface area contributed by atoms with Crippen LogP contribution >= 0.6 is 11.8 Å². The summed E-state index contributed by atoms with van der Waals surface area (Å²) in [6.45, 7) is -0.921. The standard InChI is InChI=1S/C26H23F2N3O3S/c1-17-3-7-19(8-4-17)30-24(32)16-35-26-29-15-23(18-5-11-21(33-2)12-6-18)31(26)20-9-13-22(14-10-20)34-25(27)28/h3-15,25H,16H2,1-2H3,(H,30,32). The fraction of sp³-hybridized carbons (Fsp3) is 0.154. The third-order valence-electron chi connectivity index (χ3n) is 5.10. The molecule has 0 saturated heterocycles. The third-order valence-corrected chi connectivity index (χ3v) is 6.06. The number of benzene rings is 3. The molecule has 0 radical (unpaired) electrons. The number of nitrogens with zero attached hydrogens (tertiary/aromatic N) is 2. The van der Waals surface area contributed by atoms with Gasteiger partial charge in [-0.3, -0.25) is 9.36 Å². The number of ether oxygens (including phenoxy) is 2. The molecule has 180 valence electrons. The molecule has 0 aliphatic heterocycles. The second kappa shape index (κ2) is 11.1. The van der Waals surface area contributed by atoms with Gasteiger partial charge in [-0.05, 0) is 67.6 Å². The predicted molar refractivity (Wildman–Crippen MR) is 133 cm³/mol. The molecule has 3 aromatic carbocycles. The van der Waals surface area contributed by atoms with E-state index < -0.39 is 6.61 Å². The number of anilines is 1. The van der Waals surface area contributed by atoms with Crippen LogP contribution in [0.15, 0.2) is 84.1 Å². The topological polar surface area (TPSA) is 65.4 Å². The maximum Gasteiger partial charge on any atom is 0.387 e. The quantitative estimate of drug-likeness (QED) is 0.281. The van der Waals surface area contributed by atoms with E-state index in [4.69, 9.17) is 4.74 Å². The SMILES string of the molecule is COc1ccc(-c2cnc(SCC(=O)Nc3ccc(C)cc3)n2-c2ccc(OC(F)F)cc2)cc1. The Morgan fingerprint density at radius 3 is 2.29 bits per heavy atom. The molecule has 0 atom stereocenters. The van der Waals surface area contributed by atoms with E-state index in [2.05, 4.69) is 15.0 Å². The Morgan fingerprint density at radius 1 is 1.00 bits per heavy atom. The second-order valence-electron chi connectivity index (χ2n) is 7.57. The summed E-state index contributed by atoms with van der Waals surface area (Å²) in [6.07, 6.45) is 1.71. The second-order valence-corrected chi connectivity index (χ2v) is 8.51. The number of hydrogen-bond donors (Lipinski definition) is 1. The van der Waals surface area contributed by atoms with Crippen LogP contribution in [0.4, 0.5) is 14.5 Å². The fourth-order valence-corrected chi connectivity index (χ4v) is 4.18. The maximum absolute atomic E-state index is 12.6. The highest BCUT2D eigenvalue weighted by atomic mass is 32.2. The zero-order chi connectivity index (χ0) is 24.8. The first-order valence-corrected chi connectivity index (χ1v) is 11.7. The summed E-state index contributed by atoms with van der Waals surface area (Å²) in [5.74, 6) is 0.747. The minimum absolute atomic E-state index is 0.0570. The van der Waals surface area contributed by atoms with Crippen molar-refractivity contribution >= 4 is 23.4 Å².